The number of pyridine rings is 1. The van der Waals surface area contributed by atoms with Gasteiger partial charge in [0.05, 0.1) is 22.5 Å². The van der Waals surface area contributed by atoms with Crippen molar-refractivity contribution in [1.29, 1.82) is 0 Å². The van der Waals surface area contributed by atoms with Crippen LogP contribution in [0.2, 0.25) is 0 Å². The average molecular weight is 309 g/mol. The van der Waals surface area contributed by atoms with E-state index in [2.05, 4.69) is 10.5 Å². The topological polar surface area (TPSA) is 85.8 Å². The predicted octanol–water partition coefficient (Wildman–Crippen LogP) is 2.34. The molecule has 0 saturated carbocycles. The van der Waals surface area contributed by atoms with Crippen molar-refractivity contribution >= 4 is 16.8 Å². The van der Waals surface area contributed by atoms with Crippen molar-refractivity contribution in [2.24, 2.45) is 5.84 Å². The largest absolute Gasteiger partial charge is 0.290 e. The van der Waals surface area contributed by atoms with E-state index in [1.54, 1.807) is 6.07 Å². The molecular formula is C17H19N5O. The average Bonchev–Trinajstić information content (AvgIpc) is 2.86. The summed E-state index contributed by atoms with van der Waals surface area (Å²) in [5, 5.41) is 5.31. The molecule has 3 N–H and O–H groups in total. The molecule has 0 radical (unpaired) electrons. The van der Waals surface area contributed by atoms with Crippen molar-refractivity contribution in [1.82, 2.24) is 20.2 Å². The Bertz CT molecular complexity index is 897. The number of hydrazine groups is 1. The maximum atomic E-state index is 12.2. The molecule has 1 aromatic carbocycles. The maximum absolute atomic E-state index is 12.2. The Balaban J connectivity index is 2.31. The van der Waals surface area contributed by atoms with Crippen LogP contribution in [0.1, 0.15) is 28.7 Å². The Morgan fingerprint density at radius 2 is 2.04 bits per heavy atom. The smallest absolute Gasteiger partial charge is 0.265 e. The van der Waals surface area contributed by atoms with E-state index in [0.29, 0.717) is 5.56 Å². The van der Waals surface area contributed by atoms with Gasteiger partial charge >= 0.3 is 0 Å². The Hall–Kier alpha value is -2.73. The highest BCUT2D eigenvalue weighted by Gasteiger charge is 2.18. The van der Waals surface area contributed by atoms with Gasteiger partial charge in [0, 0.05) is 23.2 Å². The van der Waals surface area contributed by atoms with Crippen LogP contribution >= 0.6 is 0 Å². The lowest BCUT2D eigenvalue weighted by molar-refractivity contribution is 0.0955. The van der Waals surface area contributed by atoms with E-state index < -0.39 is 0 Å². The minimum atomic E-state index is -0.331. The van der Waals surface area contributed by atoms with E-state index >= 15 is 0 Å². The number of nitrogens with one attached hydrogen (secondary N) is 1. The van der Waals surface area contributed by atoms with Gasteiger partial charge in [-0.1, -0.05) is 18.2 Å². The van der Waals surface area contributed by atoms with Crippen LogP contribution in [0.5, 0.6) is 0 Å². The van der Waals surface area contributed by atoms with Crippen LogP contribution in [0.25, 0.3) is 22.2 Å². The van der Waals surface area contributed by atoms with Crippen LogP contribution in [0.4, 0.5) is 0 Å². The number of fused-ring (bicyclic) bond motifs is 1. The third-order valence-corrected chi connectivity index (χ3v) is 4.03. The van der Waals surface area contributed by atoms with Crippen molar-refractivity contribution in [3.8, 4) is 11.3 Å². The fourth-order valence-corrected chi connectivity index (χ4v) is 2.94. The lowest BCUT2D eigenvalue weighted by Crippen LogP contribution is -2.30. The molecule has 0 aliphatic rings. The van der Waals surface area contributed by atoms with Gasteiger partial charge in [0.2, 0.25) is 0 Å². The number of hydrogen-bond donors (Lipinski definition) is 2. The van der Waals surface area contributed by atoms with E-state index in [4.69, 9.17) is 10.8 Å². The lowest BCUT2D eigenvalue weighted by Gasteiger charge is -2.09. The van der Waals surface area contributed by atoms with Crippen molar-refractivity contribution in [3.63, 3.8) is 0 Å². The highest BCUT2D eigenvalue weighted by atomic mass is 16.2. The monoisotopic (exact) mass is 309 g/mol. The van der Waals surface area contributed by atoms with Crippen molar-refractivity contribution in [2.75, 3.05) is 0 Å². The zero-order valence-electron chi connectivity index (χ0n) is 13.4. The molecule has 0 bridgehead atoms. The molecule has 2 heterocycles. The molecular weight excluding hydrogens is 290 g/mol. The first-order valence-corrected chi connectivity index (χ1v) is 7.52. The Labute approximate surface area is 134 Å². The third kappa shape index (κ3) is 2.47. The number of rotatable bonds is 3. The highest BCUT2D eigenvalue weighted by molar-refractivity contribution is 6.07. The first kappa shape index (κ1) is 15.2. The Morgan fingerprint density at radius 3 is 2.70 bits per heavy atom. The summed E-state index contributed by atoms with van der Waals surface area (Å²) in [6, 6.07) is 9.31. The Kier molecular flexibility index (Phi) is 3.83. The van der Waals surface area contributed by atoms with Crippen LogP contribution in [0.15, 0.2) is 30.3 Å². The SMILES string of the molecule is CCn1nc(C)c(-c2cc(C(=O)NN)c3ccccc3n2)c1C. The predicted molar refractivity (Wildman–Crippen MR) is 89.8 cm³/mol. The molecule has 0 aliphatic carbocycles. The van der Waals surface area contributed by atoms with Crippen LogP contribution in [-0.2, 0) is 6.54 Å². The van der Waals surface area contributed by atoms with Gasteiger partial charge in [-0.15, -0.1) is 0 Å². The zero-order valence-corrected chi connectivity index (χ0v) is 13.4. The third-order valence-electron chi connectivity index (χ3n) is 4.03. The van der Waals surface area contributed by atoms with Gasteiger partial charge < -0.3 is 0 Å². The van der Waals surface area contributed by atoms with Gasteiger partial charge in [-0.25, -0.2) is 10.8 Å². The van der Waals surface area contributed by atoms with Crippen LogP contribution < -0.4 is 11.3 Å². The van der Waals surface area contributed by atoms with Crippen molar-refractivity contribution in [2.45, 2.75) is 27.3 Å². The van der Waals surface area contributed by atoms with Crippen molar-refractivity contribution < 1.29 is 4.79 Å². The minimum absolute atomic E-state index is 0.331. The summed E-state index contributed by atoms with van der Waals surface area (Å²) in [5.41, 5.74) is 7.10. The minimum Gasteiger partial charge on any atom is -0.290 e. The number of aromatic nitrogens is 3. The number of aryl methyl sites for hydroxylation is 2. The maximum Gasteiger partial charge on any atom is 0.265 e. The van der Waals surface area contributed by atoms with Gasteiger partial charge in [0.25, 0.3) is 5.91 Å². The summed E-state index contributed by atoms with van der Waals surface area (Å²) in [7, 11) is 0. The molecule has 3 rings (SSSR count). The summed E-state index contributed by atoms with van der Waals surface area (Å²) in [4.78, 5) is 16.9. The van der Waals surface area contributed by atoms with Crippen LogP contribution in [0.3, 0.4) is 0 Å². The molecule has 118 valence electrons. The number of nitrogens with zero attached hydrogens (tertiary/aromatic N) is 3. The number of amides is 1. The summed E-state index contributed by atoms with van der Waals surface area (Å²) < 4.78 is 1.93. The standard InChI is InChI=1S/C17H19N5O/c1-4-22-11(3)16(10(2)21-22)15-9-13(17(23)20-18)12-7-5-6-8-14(12)19-15/h5-9H,4,18H2,1-3H3,(H,20,23). The summed E-state index contributed by atoms with van der Waals surface area (Å²) in [6.45, 7) is 6.80. The molecule has 1 amide bonds. The number of carbonyl (C=O) groups is 1. The fraction of sp³-hybridized carbons (Fsp3) is 0.235. The number of nitrogen functional groups attached to an aromatic ring is 1. The quantitative estimate of drug-likeness (QED) is 0.442. The molecule has 6 nitrogen and oxygen atoms in total. The number of nitrogens with two attached hydrogens (primary N) is 1. The number of hydrogen-bond acceptors (Lipinski definition) is 4. The van der Waals surface area contributed by atoms with Crippen LogP contribution in [-0.4, -0.2) is 20.7 Å². The van der Waals surface area contributed by atoms with Gasteiger partial charge in [0.15, 0.2) is 0 Å². The molecule has 3 aromatic rings. The second-order valence-electron chi connectivity index (χ2n) is 5.41. The molecule has 0 spiro atoms. The van der Waals surface area contributed by atoms with Gasteiger partial charge in [-0.3, -0.25) is 14.9 Å². The number of carbonyl (C=O) groups excluding carboxylic acids is 1. The molecule has 0 fully saturated rings. The first-order valence-electron chi connectivity index (χ1n) is 7.52. The summed E-state index contributed by atoms with van der Waals surface area (Å²) in [5.74, 6) is 5.00. The fourth-order valence-electron chi connectivity index (χ4n) is 2.94. The van der Waals surface area contributed by atoms with Gasteiger partial charge in [-0.05, 0) is 32.9 Å². The Morgan fingerprint density at radius 1 is 1.30 bits per heavy atom. The second-order valence-corrected chi connectivity index (χ2v) is 5.41. The van der Waals surface area contributed by atoms with E-state index in [9.17, 15) is 4.79 Å². The molecule has 0 saturated heterocycles. The molecule has 0 aliphatic heterocycles. The summed E-state index contributed by atoms with van der Waals surface area (Å²) >= 11 is 0. The van der Waals surface area contributed by atoms with E-state index in [1.807, 2.05) is 49.7 Å². The van der Waals surface area contributed by atoms with E-state index in [0.717, 1.165) is 40.1 Å². The lowest BCUT2D eigenvalue weighted by atomic mass is 10.0. The van der Waals surface area contributed by atoms with Gasteiger partial charge in [0.1, 0.15) is 0 Å². The normalized spacial score (nSPS) is 11.0. The molecule has 2 aromatic heterocycles. The van der Waals surface area contributed by atoms with E-state index in [1.165, 1.54) is 0 Å². The van der Waals surface area contributed by atoms with Gasteiger partial charge in [-0.2, -0.15) is 5.10 Å². The molecule has 23 heavy (non-hydrogen) atoms. The summed E-state index contributed by atoms with van der Waals surface area (Å²) in [6.07, 6.45) is 0. The molecule has 6 heteroatoms. The number of benzene rings is 1. The highest BCUT2D eigenvalue weighted by Crippen LogP contribution is 2.29. The zero-order chi connectivity index (χ0) is 16.6. The van der Waals surface area contributed by atoms with E-state index in [-0.39, 0.29) is 5.91 Å². The molecule has 0 atom stereocenters. The van der Waals surface area contributed by atoms with Crippen molar-refractivity contribution in [3.05, 3.63) is 47.3 Å². The molecule has 0 unspecified atom stereocenters. The van der Waals surface area contributed by atoms with Crippen LogP contribution in [0, 0.1) is 13.8 Å². The first-order chi connectivity index (χ1) is 11.1. The number of para-hydroxylation sites is 1. The second kappa shape index (κ2) is 5.81.